The molecule has 2 nitrogen and oxygen atoms in total. The Kier molecular flexibility index (Phi) is 2.50. The topological polar surface area (TPSA) is 32.3 Å². The van der Waals surface area contributed by atoms with Crippen LogP contribution in [0, 0.1) is 5.41 Å². The van der Waals surface area contributed by atoms with E-state index in [9.17, 15) is 5.11 Å². The summed E-state index contributed by atoms with van der Waals surface area (Å²) in [6.07, 6.45) is 0.608. The first kappa shape index (κ1) is 10.3. The molecule has 2 unspecified atom stereocenters. The van der Waals surface area contributed by atoms with Crippen LogP contribution in [0.5, 0.6) is 0 Å². The molecule has 1 saturated carbocycles. The van der Waals surface area contributed by atoms with Crippen LogP contribution in [0.2, 0.25) is 4.34 Å². The molecule has 0 spiro atoms. The number of hydrogen-bond donors (Lipinski definition) is 2. The van der Waals surface area contributed by atoms with Gasteiger partial charge in [0.15, 0.2) is 0 Å². The number of nitrogens with one attached hydrogen (secondary N) is 1. The summed E-state index contributed by atoms with van der Waals surface area (Å²) in [7, 11) is 0. The van der Waals surface area contributed by atoms with Crippen molar-refractivity contribution in [2.24, 2.45) is 5.41 Å². The summed E-state index contributed by atoms with van der Waals surface area (Å²) in [4.78, 5) is 0. The Morgan fingerprint density at radius 3 is 2.79 bits per heavy atom. The van der Waals surface area contributed by atoms with Gasteiger partial charge in [0.05, 0.1) is 11.8 Å². The monoisotopic (exact) mass is 231 g/mol. The Morgan fingerprint density at radius 2 is 2.36 bits per heavy atom. The Morgan fingerprint density at radius 1 is 1.64 bits per heavy atom. The van der Waals surface area contributed by atoms with Crippen molar-refractivity contribution in [3.8, 4) is 0 Å². The Hall–Kier alpha value is -0.250. The van der Waals surface area contributed by atoms with Crippen molar-refractivity contribution in [3.63, 3.8) is 0 Å². The minimum atomic E-state index is -0.197. The fraction of sp³-hybridized carbons (Fsp3) is 0.600. The molecule has 78 valence electrons. The quantitative estimate of drug-likeness (QED) is 0.820. The van der Waals surface area contributed by atoms with Crippen LogP contribution in [0.3, 0.4) is 0 Å². The van der Waals surface area contributed by atoms with Gasteiger partial charge in [0, 0.05) is 11.5 Å². The van der Waals surface area contributed by atoms with E-state index >= 15 is 0 Å². The van der Waals surface area contributed by atoms with Crippen LogP contribution >= 0.6 is 22.9 Å². The van der Waals surface area contributed by atoms with Crippen LogP contribution in [-0.4, -0.2) is 17.3 Å². The van der Waals surface area contributed by atoms with Crippen molar-refractivity contribution in [1.82, 2.24) is 0 Å². The zero-order valence-electron chi connectivity index (χ0n) is 8.25. The minimum absolute atomic E-state index is 0.0503. The van der Waals surface area contributed by atoms with Gasteiger partial charge < -0.3 is 10.4 Å². The van der Waals surface area contributed by atoms with E-state index in [1.54, 1.807) is 0 Å². The SMILES string of the molecule is CC1(C)C(O)CC1Nc1ccsc1Cl. The molecule has 2 atom stereocenters. The lowest BCUT2D eigenvalue weighted by Crippen LogP contribution is -2.56. The summed E-state index contributed by atoms with van der Waals surface area (Å²) in [5, 5.41) is 14.9. The standard InChI is InChI=1S/C10H14ClNOS/c1-10(2)7(5-8(10)13)12-6-3-4-14-9(6)11/h3-4,7-8,12-13H,5H2,1-2H3. The molecule has 2 N–H and O–H groups in total. The normalized spacial score (nSPS) is 29.7. The molecular formula is C10H14ClNOS. The molecule has 1 aliphatic carbocycles. The van der Waals surface area contributed by atoms with E-state index in [1.165, 1.54) is 11.3 Å². The van der Waals surface area contributed by atoms with Crippen molar-refractivity contribution in [3.05, 3.63) is 15.8 Å². The summed E-state index contributed by atoms with van der Waals surface area (Å²) >= 11 is 7.51. The third-order valence-electron chi connectivity index (χ3n) is 3.16. The van der Waals surface area contributed by atoms with E-state index in [2.05, 4.69) is 19.2 Å². The number of rotatable bonds is 2. The van der Waals surface area contributed by atoms with Gasteiger partial charge in [0.2, 0.25) is 0 Å². The molecule has 0 saturated heterocycles. The molecule has 1 aliphatic rings. The summed E-state index contributed by atoms with van der Waals surface area (Å²) in [6, 6.07) is 2.30. The largest absolute Gasteiger partial charge is 0.392 e. The van der Waals surface area contributed by atoms with Crippen LogP contribution in [-0.2, 0) is 0 Å². The summed E-state index contributed by atoms with van der Waals surface area (Å²) in [5.74, 6) is 0. The van der Waals surface area contributed by atoms with Gasteiger partial charge in [-0.3, -0.25) is 0 Å². The smallest absolute Gasteiger partial charge is 0.116 e. The Bertz CT molecular complexity index is 337. The lowest BCUT2D eigenvalue weighted by Gasteiger charge is -2.49. The highest BCUT2D eigenvalue weighted by atomic mass is 35.5. The summed E-state index contributed by atoms with van der Waals surface area (Å²) in [5.41, 5.74) is 0.937. The molecule has 0 aromatic carbocycles. The maximum Gasteiger partial charge on any atom is 0.116 e. The average molecular weight is 232 g/mol. The van der Waals surface area contributed by atoms with Gasteiger partial charge in [0.25, 0.3) is 0 Å². The van der Waals surface area contributed by atoms with Crippen molar-refractivity contribution < 1.29 is 5.11 Å². The first-order valence-electron chi connectivity index (χ1n) is 4.69. The number of aliphatic hydroxyl groups excluding tert-OH is 1. The maximum absolute atomic E-state index is 9.57. The molecule has 0 bridgehead atoms. The number of anilines is 1. The molecule has 2 rings (SSSR count). The second-order valence-corrected chi connectivity index (χ2v) is 5.90. The maximum atomic E-state index is 9.57. The second kappa shape index (κ2) is 3.40. The highest BCUT2D eigenvalue weighted by Gasteiger charge is 2.47. The Labute approximate surface area is 92.9 Å². The van der Waals surface area contributed by atoms with E-state index in [0.717, 1.165) is 16.4 Å². The van der Waals surface area contributed by atoms with Gasteiger partial charge in [-0.2, -0.15) is 0 Å². The van der Waals surface area contributed by atoms with Crippen LogP contribution in [0.15, 0.2) is 11.4 Å². The van der Waals surface area contributed by atoms with Crippen molar-refractivity contribution >= 4 is 28.6 Å². The van der Waals surface area contributed by atoms with E-state index in [1.807, 2.05) is 11.4 Å². The highest BCUT2D eigenvalue weighted by molar-refractivity contribution is 7.15. The molecule has 0 aliphatic heterocycles. The highest BCUT2D eigenvalue weighted by Crippen LogP contribution is 2.43. The number of hydrogen-bond acceptors (Lipinski definition) is 3. The van der Waals surface area contributed by atoms with Crippen LogP contribution in [0.25, 0.3) is 0 Å². The van der Waals surface area contributed by atoms with Gasteiger partial charge in [-0.05, 0) is 17.9 Å². The molecule has 1 aromatic heterocycles. The van der Waals surface area contributed by atoms with Gasteiger partial charge in [-0.1, -0.05) is 25.4 Å². The number of aliphatic hydroxyl groups is 1. The molecule has 1 aromatic rings. The predicted molar refractivity (Wildman–Crippen MR) is 61.1 cm³/mol. The number of thiophene rings is 1. The fourth-order valence-electron chi connectivity index (χ4n) is 1.73. The molecule has 1 heterocycles. The molecule has 0 radical (unpaired) electrons. The van der Waals surface area contributed by atoms with Crippen molar-refractivity contribution in [2.75, 3.05) is 5.32 Å². The van der Waals surface area contributed by atoms with Gasteiger partial charge >= 0.3 is 0 Å². The summed E-state index contributed by atoms with van der Waals surface area (Å²) in [6.45, 7) is 4.14. The van der Waals surface area contributed by atoms with E-state index in [-0.39, 0.29) is 11.5 Å². The second-order valence-electron chi connectivity index (χ2n) is 4.38. The average Bonchev–Trinajstić information content (AvgIpc) is 2.51. The van der Waals surface area contributed by atoms with Crippen LogP contribution in [0.1, 0.15) is 20.3 Å². The van der Waals surface area contributed by atoms with Crippen molar-refractivity contribution in [1.29, 1.82) is 0 Å². The first-order valence-corrected chi connectivity index (χ1v) is 5.95. The molecule has 4 heteroatoms. The third kappa shape index (κ3) is 1.53. The van der Waals surface area contributed by atoms with Crippen molar-refractivity contribution in [2.45, 2.75) is 32.4 Å². The fourth-order valence-corrected chi connectivity index (χ4v) is 2.58. The van der Waals surface area contributed by atoms with Gasteiger partial charge in [0.1, 0.15) is 4.34 Å². The lowest BCUT2D eigenvalue weighted by molar-refractivity contribution is -0.0510. The first-order chi connectivity index (χ1) is 6.51. The van der Waals surface area contributed by atoms with Crippen LogP contribution in [0.4, 0.5) is 5.69 Å². The predicted octanol–water partition coefficient (Wildman–Crippen LogP) is 2.97. The number of halogens is 1. The molecule has 14 heavy (non-hydrogen) atoms. The van der Waals surface area contributed by atoms with Crippen LogP contribution < -0.4 is 5.32 Å². The van der Waals surface area contributed by atoms with E-state index in [4.69, 9.17) is 11.6 Å². The minimum Gasteiger partial charge on any atom is -0.392 e. The van der Waals surface area contributed by atoms with E-state index in [0.29, 0.717) is 6.04 Å². The zero-order chi connectivity index (χ0) is 10.3. The summed E-state index contributed by atoms with van der Waals surface area (Å²) < 4.78 is 0.794. The zero-order valence-corrected chi connectivity index (χ0v) is 9.82. The van der Waals surface area contributed by atoms with Gasteiger partial charge in [-0.15, -0.1) is 11.3 Å². The lowest BCUT2D eigenvalue weighted by atomic mass is 9.64. The molecular weight excluding hydrogens is 218 g/mol. The Balaban J connectivity index is 2.04. The van der Waals surface area contributed by atoms with E-state index < -0.39 is 0 Å². The molecule has 0 amide bonds. The molecule has 1 fully saturated rings. The third-order valence-corrected chi connectivity index (χ3v) is 4.33. The van der Waals surface area contributed by atoms with Gasteiger partial charge in [-0.25, -0.2) is 0 Å².